The van der Waals surface area contributed by atoms with Crippen LogP contribution in [0.25, 0.3) is 0 Å². The minimum atomic E-state index is -4.62. The van der Waals surface area contributed by atoms with Gasteiger partial charge in [0.2, 0.25) is 0 Å². The van der Waals surface area contributed by atoms with Gasteiger partial charge in [-0.1, -0.05) is 0 Å². The van der Waals surface area contributed by atoms with Crippen molar-refractivity contribution >= 4 is 10.2 Å². The first-order valence-corrected chi connectivity index (χ1v) is 6.73. The molecule has 1 aromatic rings. The summed E-state index contributed by atoms with van der Waals surface area (Å²) in [5.41, 5.74) is 0. The number of hydrogen-bond acceptors (Lipinski definition) is 4. The van der Waals surface area contributed by atoms with Crippen molar-refractivity contribution in [1.82, 2.24) is 4.90 Å². The van der Waals surface area contributed by atoms with Gasteiger partial charge in [0.25, 0.3) is 0 Å². The van der Waals surface area contributed by atoms with Gasteiger partial charge in [0.15, 0.2) is 0 Å². The summed E-state index contributed by atoms with van der Waals surface area (Å²) in [7, 11) is -2.60. The molecule has 1 aromatic carbocycles. The number of ether oxygens (including phenoxy) is 1. The molecular weight excluding hydrogens is 245 g/mol. The van der Waals surface area contributed by atoms with Crippen LogP contribution in [-0.4, -0.2) is 39.6 Å². The van der Waals surface area contributed by atoms with E-state index in [9.17, 15) is 12.3 Å². The molecular formula is C11H14FNO3S. The van der Waals surface area contributed by atoms with Gasteiger partial charge < -0.3 is 9.64 Å². The molecule has 0 amide bonds. The maximum absolute atomic E-state index is 12.6. The molecule has 94 valence electrons. The molecule has 0 spiro atoms. The lowest BCUT2D eigenvalue weighted by molar-refractivity contribution is 0.208. The third-order valence-electron chi connectivity index (χ3n) is 2.76. The van der Waals surface area contributed by atoms with E-state index in [1.54, 1.807) is 0 Å². The summed E-state index contributed by atoms with van der Waals surface area (Å²) in [6.45, 7) is 1.84. The van der Waals surface area contributed by atoms with Gasteiger partial charge in [-0.15, -0.1) is 3.89 Å². The Morgan fingerprint density at radius 3 is 2.47 bits per heavy atom. The van der Waals surface area contributed by atoms with E-state index >= 15 is 0 Å². The number of likely N-dealkylation sites (tertiary alicyclic amines) is 1. The second-order valence-electron chi connectivity index (χ2n) is 4.20. The van der Waals surface area contributed by atoms with Crippen molar-refractivity contribution in [2.45, 2.75) is 17.4 Å². The molecule has 0 aromatic heterocycles. The van der Waals surface area contributed by atoms with Crippen LogP contribution >= 0.6 is 0 Å². The summed E-state index contributed by atoms with van der Waals surface area (Å²) < 4.78 is 39.5. The van der Waals surface area contributed by atoms with Crippen LogP contribution in [-0.2, 0) is 10.2 Å². The van der Waals surface area contributed by atoms with Crippen molar-refractivity contribution in [1.29, 1.82) is 0 Å². The number of likely N-dealkylation sites (N-methyl/N-ethyl adjacent to an activating group) is 1. The fourth-order valence-corrected chi connectivity index (χ4v) is 2.33. The van der Waals surface area contributed by atoms with E-state index < -0.39 is 10.2 Å². The number of rotatable bonds is 3. The Bertz CT molecular complexity index is 486. The van der Waals surface area contributed by atoms with Crippen molar-refractivity contribution in [2.75, 3.05) is 20.1 Å². The molecule has 0 radical (unpaired) electrons. The highest BCUT2D eigenvalue weighted by Crippen LogP contribution is 2.20. The Hall–Kier alpha value is -1.14. The highest BCUT2D eigenvalue weighted by Gasteiger charge is 2.21. The van der Waals surface area contributed by atoms with Crippen LogP contribution in [0.5, 0.6) is 5.75 Å². The molecule has 1 heterocycles. The summed E-state index contributed by atoms with van der Waals surface area (Å²) in [4.78, 5) is 1.82. The minimum absolute atomic E-state index is 0.118. The predicted octanol–water partition coefficient (Wildman–Crippen LogP) is 1.43. The summed E-state index contributed by atoms with van der Waals surface area (Å²) in [5, 5.41) is 0. The molecule has 0 N–H and O–H groups in total. The fourth-order valence-electron chi connectivity index (χ4n) is 1.86. The molecule has 0 saturated carbocycles. The second-order valence-corrected chi connectivity index (χ2v) is 5.55. The Morgan fingerprint density at radius 1 is 1.35 bits per heavy atom. The third-order valence-corrected chi connectivity index (χ3v) is 3.59. The molecule has 1 aliphatic heterocycles. The van der Waals surface area contributed by atoms with Gasteiger partial charge in [0, 0.05) is 13.1 Å². The van der Waals surface area contributed by atoms with E-state index in [1.165, 1.54) is 24.3 Å². The Balaban J connectivity index is 2.04. The number of nitrogens with zero attached hydrogens (tertiary/aromatic N) is 1. The van der Waals surface area contributed by atoms with Crippen LogP contribution in [0.4, 0.5) is 3.89 Å². The first-order valence-electron chi connectivity index (χ1n) is 5.35. The molecule has 4 nitrogen and oxygen atoms in total. The predicted molar refractivity (Wildman–Crippen MR) is 61.3 cm³/mol. The average molecular weight is 259 g/mol. The normalized spacial score (nSPS) is 21.6. The summed E-state index contributed by atoms with van der Waals surface area (Å²) in [5.74, 6) is 0.567. The minimum Gasteiger partial charge on any atom is -0.489 e. The smallest absolute Gasteiger partial charge is 0.332 e. The fraction of sp³-hybridized carbons (Fsp3) is 0.455. The standard InChI is InChI=1S/C11H14FNO3S/c1-13-7-6-10(8-13)16-9-2-4-11(5-3-9)17(12,14)15/h2-5,10H,6-8H2,1H3. The van der Waals surface area contributed by atoms with Crippen LogP contribution < -0.4 is 4.74 Å². The van der Waals surface area contributed by atoms with Crippen LogP contribution in [0.2, 0.25) is 0 Å². The second kappa shape index (κ2) is 4.62. The van der Waals surface area contributed by atoms with Crippen molar-refractivity contribution in [2.24, 2.45) is 0 Å². The SMILES string of the molecule is CN1CCC(Oc2ccc(S(=O)(=O)F)cc2)C1. The van der Waals surface area contributed by atoms with E-state index in [2.05, 4.69) is 4.90 Å². The molecule has 1 unspecified atom stereocenters. The topological polar surface area (TPSA) is 46.6 Å². The summed E-state index contributed by atoms with van der Waals surface area (Å²) >= 11 is 0. The van der Waals surface area contributed by atoms with Crippen molar-refractivity contribution in [3.05, 3.63) is 24.3 Å². The monoisotopic (exact) mass is 259 g/mol. The Morgan fingerprint density at radius 2 is 2.00 bits per heavy atom. The molecule has 1 atom stereocenters. The highest BCUT2D eigenvalue weighted by molar-refractivity contribution is 7.86. The van der Waals surface area contributed by atoms with E-state index in [4.69, 9.17) is 4.74 Å². The van der Waals surface area contributed by atoms with Crippen molar-refractivity contribution < 1.29 is 17.0 Å². The summed E-state index contributed by atoms with van der Waals surface area (Å²) in [6.07, 6.45) is 1.06. The zero-order valence-corrected chi connectivity index (χ0v) is 10.3. The van der Waals surface area contributed by atoms with Crippen molar-refractivity contribution in [3.63, 3.8) is 0 Å². The van der Waals surface area contributed by atoms with Crippen molar-refractivity contribution in [3.8, 4) is 5.75 Å². The molecule has 0 bridgehead atoms. The highest BCUT2D eigenvalue weighted by atomic mass is 32.3. The Labute approximate surface area is 100 Å². The van der Waals surface area contributed by atoms with E-state index in [-0.39, 0.29) is 11.0 Å². The number of halogens is 1. The Kier molecular flexibility index (Phi) is 3.35. The first kappa shape index (κ1) is 12.3. The molecule has 2 rings (SSSR count). The van der Waals surface area contributed by atoms with Gasteiger partial charge in [0.05, 0.1) is 4.90 Å². The largest absolute Gasteiger partial charge is 0.489 e. The van der Waals surface area contributed by atoms with Crippen LogP contribution in [0, 0.1) is 0 Å². The molecule has 1 aliphatic rings. The molecule has 0 aliphatic carbocycles. The number of hydrogen-bond donors (Lipinski definition) is 0. The van der Waals surface area contributed by atoms with Gasteiger partial charge >= 0.3 is 10.2 Å². The zero-order valence-electron chi connectivity index (χ0n) is 9.47. The van der Waals surface area contributed by atoms with E-state index in [0.717, 1.165) is 19.5 Å². The van der Waals surface area contributed by atoms with E-state index in [0.29, 0.717) is 5.75 Å². The average Bonchev–Trinajstić information content (AvgIpc) is 2.63. The first-order chi connectivity index (χ1) is 7.95. The quantitative estimate of drug-likeness (QED) is 0.770. The van der Waals surface area contributed by atoms with E-state index in [1.807, 2.05) is 7.05 Å². The van der Waals surface area contributed by atoms with Gasteiger partial charge in [-0.2, -0.15) is 8.42 Å². The van der Waals surface area contributed by atoms with Crippen LogP contribution in [0.3, 0.4) is 0 Å². The maximum Gasteiger partial charge on any atom is 0.332 e. The van der Waals surface area contributed by atoms with Gasteiger partial charge in [-0.05, 0) is 37.7 Å². The number of benzene rings is 1. The zero-order chi connectivity index (χ0) is 12.5. The lowest BCUT2D eigenvalue weighted by atomic mass is 10.3. The van der Waals surface area contributed by atoms with Gasteiger partial charge in [-0.25, -0.2) is 0 Å². The lowest BCUT2D eigenvalue weighted by Gasteiger charge is -2.13. The van der Waals surface area contributed by atoms with Gasteiger partial charge in [0.1, 0.15) is 11.9 Å². The molecule has 1 fully saturated rings. The molecule has 17 heavy (non-hydrogen) atoms. The summed E-state index contributed by atoms with van der Waals surface area (Å²) in [6, 6.07) is 5.38. The van der Waals surface area contributed by atoms with Crippen LogP contribution in [0.1, 0.15) is 6.42 Å². The van der Waals surface area contributed by atoms with Crippen LogP contribution in [0.15, 0.2) is 29.2 Å². The third kappa shape index (κ3) is 3.17. The lowest BCUT2D eigenvalue weighted by Crippen LogP contribution is -2.21. The van der Waals surface area contributed by atoms with Gasteiger partial charge in [-0.3, -0.25) is 0 Å². The molecule has 1 saturated heterocycles. The molecule has 6 heteroatoms. The maximum atomic E-state index is 12.6.